The Morgan fingerprint density at radius 2 is 1.58 bits per heavy atom. The zero-order valence-corrected chi connectivity index (χ0v) is 20.1. The number of hydrogen-bond acceptors (Lipinski definition) is 7. The number of pyridine rings is 3. The molecular formula is C29H30N4O3. The minimum Gasteiger partial charge on any atom is -0.490 e. The first-order chi connectivity index (χ1) is 17.7. The average molecular weight is 483 g/mol. The van der Waals surface area contributed by atoms with Crippen LogP contribution in [0.15, 0.2) is 85.6 Å². The van der Waals surface area contributed by atoms with Gasteiger partial charge in [0.05, 0.1) is 11.4 Å². The second kappa shape index (κ2) is 11.4. The summed E-state index contributed by atoms with van der Waals surface area (Å²) in [7, 11) is 0. The third-order valence-electron chi connectivity index (χ3n) is 6.86. The number of rotatable bonds is 9. The quantitative estimate of drug-likeness (QED) is 0.387. The number of Topliss-reactive ketones (excluding diaryl/α,β-unsaturated/α-hetero) is 1. The van der Waals surface area contributed by atoms with E-state index >= 15 is 0 Å². The first kappa shape index (κ1) is 24.0. The Morgan fingerprint density at radius 1 is 0.917 bits per heavy atom. The lowest BCUT2D eigenvalue weighted by Crippen LogP contribution is -2.42. The standard InChI is InChI=1S/C29H30N4O3/c34-24(20-36-27-5-1-4-26-25(27)3-2-12-32-26)19-33-17-10-23(11-18-33)29(35)28(21-6-13-30-14-7-21)22-8-15-31-16-9-22/h1-9,12-16,23-24,28,34H,10-11,17-20H2. The number of carbonyl (C=O) groups excluding carboxylic acids is 1. The SMILES string of the molecule is O=C(C1CCN(CC(O)COc2cccc3ncccc23)CC1)C(c1ccncc1)c1ccncc1. The monoisotopic (exact) mass is 482 g/mol. The molecule has 1 atom stereocenters. The zero-order chi connectivity index (χ0) is 24.7. The molecule has 5 rings (SSSR count). The third-order valence-corrected chi connectivity index (χ3v) is 6.86. The van der Waals surface area contributed by atoms with Gasteiger partial charge in [0.15, 0.2) is 0 Å². The lowest BCUT2D eigenvalue weighted by molar-refractivity contribution is -0.125. The number of aliphatic hydroxyl groups excluding tert-OH is 1. The molecule has 1 saturated heterocycles. The number of carbonyl (C=O) groups is 1. The summed E-state index contributed by atoms with van der Waals surface area (Å²) >= 11 is 0. The van der Waals surface area contributed by atoms with Crippen LogP contribution in [0.4, 0.5) is 0 Å². The Balaban J connectivity index is 1.16. The Morgan fingerprint density at radius 3 is 2.25 bits per heavy atom. The highest BCUT2D eigenvalue weighted by atomic mass is 16.5. The van der Waals surface area contributed by atoms with Gasteiger partial charge >= 0.3 is 0 Å². The molecule has 3 aromatic heterocycles. The molecule has 7 nitrogen and oxygen atoms in total. The van der Waals surface area contributed by atoms with Gasteiger partial charge in [0, 0.05) is 48.8 Å². The normalized spacial score (nSPS) is 15.7. The summed E-state index contributed by atoms with van der Waals surface area (Å²) in [5.41, 5.74) is 2.78. The van der Waals surface area contributed by atoms with E-state index in [9.17, 15) is 9.90 Å². The van der Waals surface area contributed by atoms with Crippen LogP contribution in [0, 0.1) is 5.92 Å². The number of aromatic nitrogens is 3. The molecule has 7 heteroatoms. The van der Waals surface area contributed by atoms with E-state index in [0.29, 0.717) is 6.54 Å². The lowest BCUT2D eigenvalue weighted by Gasteiger charge is -2.34. The largest absolute Gasteiger partial charge is 0.490 e. The van der Waals surface area contributed by atoms with Crippen LogP contribution in [0.5, 0.6) is 5.75 Å². The minimum absolute atomic E-state index is 0.0239. The van der Waals surface area contributed by atoms with Crippen LogP contribution < -0.4 is 4.74 Å². The molecule has 0 saturated carbocycles. The number of β-amino-alcohol motifs (C(OH)–C–C–N with tert-alkyl or cyclic N) is 1. The first-order valence-corrected chi connectivity index (χ1v) is 12.4. The molecule has 4 aromatic rings. The molecule has 0 spiro atoms. The zero-order valence-electron chi connectivity index (χ0n) is 20.1. The number of aliphatic hydroxyl groups is 1. The molecule has 1 unspecified atom stereocenters. The molecular weight excluding hydrogens is 452 g/mol. The summed E-state index contributed by atoms with van der Waals surface area (Å²) in [4.78, 5) is 28.5. The second-order valence-electron chi connectivity index (χ2n) is 9.26. The number of nitrogens with zero attached hydrogens (tertiary/aromatic N) is 4. The molecule has 0 amide bonds. The summed E-state index contributed by atoms with van der Waals surface area (Å²) in [6, 6.07) is 17.3. The van der Waals surface area contributed by atoms with Gasteiger partial charge in [-0.1, -0.05) is 6.07 Å². The number of piperidine rings is 1. The maximum absolute atomic E-state index is 13.7. The van der Waals surface area contributed by atoms with E-state index in [4.69, 9.17) is 4.74 Å². The van der Waals surface area contributed by atoms with Crippen LogP contribution in [0.1, 0.15) is 29.9 Å². The van der Waals surface area contributed by atoms with Crippen molar-refractivity contribution in [3.05, 3.63) is 96.7 Å². The van der Waals surface area contributed by atoms with Crippen LogP contribution in [0.3, 0.4) is 0 Å². The van der Waals surface area contributed by atoms with Gasteiger partial charge in [-0.25, -0.2) is 0 Å². The average Bonchev–Trinajstić information content (AvgIpc) is 2.93. The topological polar surface area (TPSA) is 88.4 Å². The molecule has 1 aliphatic heterocycles. The summed E-state index contributed by atoms with van der Waals surface area (Å²) in [5, 5.41) is 11.6. The molecule has 0 radical (unpaired) electrons. The van der Waals surface area contributed by atoms with Gasteiger partial charge in [-0.3, -0.25) is 19.7 Å². The van der Waals surface area contributed by atoms with Crippen LogP contribution in [0.2, 0.25) is 0 Å². The lowest BCUT2D eigenvalue weighted by atomic mass is 9.79. The van der Waals surface area contributed by atoms with Gasteiger partial charge < -0.3 is 14.7 Å². The molecule has 1 aromatic carbocycles. The van der Waals surface area contributed by atoms with Crippen molar-refractivity contribution >= 4 is 16.7 Å². The minimum atomic E-state index is -0.620. The molecule has 4 heterocycles. The van der Waals surface area contributed by atoms with Crippen molar-refractivity contribution in [2.24, 2.45) is 5.92 Å². The van der Waals surface area contributed by atoms with Gasteiger partial charge in [0.1, 0.15) is 24.2 Å². The van der Waals surface area contributed by atoms with Gasteiger partial charge in [0.2, 0.25) is 0 Å². The smallest absolute Gasteiger partial charge is 0.147 e. The van der Waals surface area contributed by atoms with E-state index in [1.54, 1.807) is 31.0 Å². The van der Waals surface area contributed by atoms with Crippen molar-refractivity contribution in [3.63, 3.8) is 0 Å². The number of ether oxygens (including phenoxy) is 1. The Hall–Kier alpha value is -3.68. The number of hydrogen-bond donors (Lipinski definition) is 1. The fourth-order valence-corrected chi connectivity index (χ4v) is 5.01. The van der Waals surface area contributed by atoms with E-state index in [0.717, 1.165) is 53.7 Å². The van der Waals surface area contributed by atoms with Gasteiger partial charge in [0.25, 0.3) is 0 Å². The maximum atomic E-state index is 13.7. The van der Waals surface area contributed by atoms with Crippen molar-refractivity contribution in [2.45, 2.75) is 24.9 Å². The summed E-state index contributed by atoms with van der Waals surface area (Å²) < 4.78 is 5.93. The van der Waals surface area contributed by atoms with Crippen LogP contribution in [0.25, 0.3) is 10.9 Å². The number of ketones is 1. The highest BCUT2D eigenvalue weighted by Gasteiger charge is 2.32. The number of benzene rings is 1. The van der Waals surface area contributed by atoms with Crippen molar-refractivity contribution in [1.29, 1.82) is 0 Å². The third kappa shape index (κ3) is 5.58. The Labute approximate surface area is 210 Å². The van der Waals surface area contributed by atoms with Crippen molar-refractivity contribution in [2.75, 3.05) is 26.2 Å². The van der Waals surface area contributed by atoms with Crippen LogP contribution >= 0.6 is 0 Å². The van der Waals surface area contributed by atoms with Gasteiger partial charge in [-0.15, -0.1) is 0 Å². The van der Waals surface area contributed by atoms with E-state index in [1.165, 1.54) is 0 Å². The van der Waals surface area contributed by atoms with Crippen LogP contribution in [-0.4, -0.2) is 63.1 Å². The Kier molecular flexibility index (Phi) is 7.59. The van der Waals surface area contributed by atoms with Gasteiger partial charge in [-0.05, 0) is 85.6 Å². The molecule has 36 heavy (non-hydrogen) atoms. The molecule has 184 valence electrons. The van der Waals surface area contributed by atoms with Crippen LogP contribution in [-0.2, 0) is 4.79 Å². The van der Waals surface area contributed by atoms with E-state index in [1.807, 2.05) is 54.6 Å². The molecule has 1 aliphatic rings. The summed E-state index contributed by atoms with van der Waals surface area (Å²) in [6.07, 6.45) is 9.61. The van der Waals surface area contributed by atoms with Crippen molar-refractivity contribution in [1.82, 2.24) is 19.9 Å². The summed E-state index contributed by atoms with van der Waals surface area (Å²) in [5.74, 6) is 0.619. The predicted molar refractivity (Wildman–Crippen MR) is 138 cm³/mol. The highest BCUT2D eigenvalue weighted by Crippen LogP contribution is 2.32. The van der Waals surface area contributed by atoms with Crippen molar-refractivity contribution < 1.29 is 14.6 Å². The predicted octanol–water partition coefficient (Wildman–Crippen LogP) is 3.88. The fraction of sp³-hybridized carbons (Fsp3) is 0.310. The van der Waals surface area contributed by atoms with Gasteiger partial charge in [-0.2, -0.15) is 0 Å². The molecule has 1 N–H and O–H groups in total. The molecule has 1 fully saturated rings. The Bertz CT molecular complexity index is 1230. The maximum Gasteiger partial charge on any atom is 0.147 e. The first-order valence-electron chi connectivity index (χ1n) is 12.4. The van der Waals surface area contributed by atoms with E-state index in [-0.39, 0.29) is 24.2 Å². The fourth-order valence-electron chi connectivity index (χ4n) is 5.01. The molecule has 0 aliphatic carbocycles. The second-order valence-corrected chi connectivity index (χ2v) is 9.26. The molecule has 0 bridgehead atoms. The highest BCUT2D eigenvalue weighted by molar-refractivity contribution is 5.91. The number of fused-ring (bicyclic) bond motifs is 1. The number of likely N-dealkylation sites (tertiary alicyclic amines) is 1. The van der Waals surface area contributed by atoms with Crippen molar-refractivity contribution in [3.8, 4) is 5.75 Å². The summed E-state index contributed by atoms with van der Waals surface area (Å²) in [6.45, 7) is 2.26. The van der Waals surface area contributed by atoms with E-state index < -0.39 is 6.10 Å². The van der Waals surface area contributed by atoms with E-state index in [2.05, 4.69) is 19.9 Å².